The monoisotopic (exact) mass is 355 g/mol. The molecule has 0 saturated heterocycles. The van der Waals surface area contributed by atoms with Crippen LogP contribution in [0.1, 0.15) is 13.8 Å². The van der Waals surface area contributed by atoms with Gasteiger partial charge in [0.25, 0.3) is 0 Å². The van der Waals surface area contributed by atoms with E-state index in [2.05, 4.69) is 15.0 Å². The van der Waals surface area contributed by atoms with Crippen molar-refractivity contribution in [1.29, 1.82) is 5.41 Å². The Kier molecular flexibility index (Phi) is 5.78. The van der Waals surface area contributed by atoms with Crippen LogP contribution < -0.4 is 4.90 Å². The van der Waals surface area contributed by atoms with Crippen LogP contribution in [0.25, 0.3) is 0 Å². The number of aliphatic hydroxyl groups is 1. The second kappa shape index (κ2) is 7.64. The van der Waals surface area contributed by atoms with Crippen molar-refractivity contribution in [3.8, 4) is 0 Å². The molecule has 1 aromatic carbocycles. The van der Waals surface area contributed by atoms with Crippen molar-refractivity contribution in [2.24, 2.45) is 10.1 Å². The minimum absolute atomic E-state index is 0.196. The van der Waals surface area contributed by atoms with Gasteiger partial charge < -0.3 is 10.0 Å². The van der Waals surface area contributed by atoms with Gasteiger partial charge in [0.15, 0.2) is 11.5 Å². The van der Waals surface area contributed by atoms with Gasteiger partial charge in [-0.15, -0.1) is 0 Å². The number of nitrogens with one attached hydrogen (secondary N) is 1. The standard InChI is InChI=1S/C16H20F3N5O/c1-3-23(4-2)12-7-5-11(6-8-12)21-13-14(16(17,18)19)22-24(9-10-25)15(13)20/h5-8,20,25H,3-4,9-10H2,1-2H3. The molecule has 0 aliphatic carbocycles. The SMILES string of the molecule is CCN(CC)c1ccc(N=C2C(=N)N(CCO)N=C2C(F)(F)F)cc1. The highest BCUT2D eigenvalue weighted by atomic mass is 19.4. The maximum Gasteiger partial charge on any atom is 0.437 e. The maximum absolute atomic E-state index is 13.2. The number of hydrazone groups is 1. The number of hydrogen-bond acceptors (Lipinski definition) is 5. The van der Waals surface area contributed by atoms with Gasteiger partial charge in [0, 0.05) is 18.8 Å². The molecule has 0 radical (unpaired) electrons. The summed E-state index contributed by atoms with van der Waals surface area (Å²) in [6.07, 6.45) is -4.73. The van der Waals surface area contributed by atoms with Gasteiger partial charge in [-0.25, -0.2) is 10.0 Å². The normalized spacial score (nSPS) is 16.6. The van der Waals surface area contributed by atoms with Crippen molar-refractivity contribution in [1.82, 2.24) is 5.01 Å². The van der Waals surface area contributed by atoms with Crippen LogP contribution in [0.3, 0.4) is 0 Å². The zero-order valence-corrected chi connectivity index (χ0v) is 14.0. The molecular weight excluding hydrogens is 335 g/mol. The molecule has 2 N–H and O–H groups in total. The van der Waals surface area contributed by atoms with E-state index in [1.165, 1.54) is 0 Å². The zero-order valence-electron chi connectivity index (χ0n) is 14.0. The fourth-order valence-electron chi connectivity index (χ4n) is 2.46. The molecule has 25 heavy (non-hydrogen) atoms. The van der Waals surface area contributed by atoms with Crippen LogP contribution in [-0.2, 0) is 0 Å². The van der Waals surface area contributed by atoms with Crippen molar-refractivity contribution in [3.63, 3.8) is 0 Å². The number of β-amino-alcohol motifs (C(OH)–C–C–N with tert-alkyl or cyclic N) is 1. The van der Waals surface area contributed by atoms with E-state index >= 15 is 0 Å². The highest BCUT2D eigenvalue weighted by molar-refractivity contribution is 6.70. The first kappa shape index (κ1) is 18.9. The summed E-state index contributed by atoms with van der Waals surface area (Å²) in [5.41, 5.74) is -0.518. The van der Waals surface area contributed by atoms with Crippen molar-refractivity contribution >= 4 is 28.6 Å². The largest absolute Gasteiger partial charge is 0.437 e. The first-order valence-corrected chi connectivity index (χ1v) is 7.89. The van der Waals surface area contributed by atoms with Crippen molar-refractivity contribution in [3.05, 3.63) is 24.3 Å². The summed E-state index contributed by atoms with van der Waals surface area (Å²) in [4.78, 5) is 6.07. The lowest BCUT2D eigenvalue weighted by Crippen LogP contribution is -2.33. The Hall–Kier alpha value is -2.42. The molecule has 0 spiro atoms. The molecule has 1 aliphatic heterocycles. The third-order valence-corrected chi connectivity index (χ3v) is 3.73. The number of anilines is 1. The third kappa shape index (κ3) is 4.16. The number of aliphatic hydroxyl groups excluding tert-OH is 1. The molecule has 9 heteroatoms. The Labute approximate surface area is 143 Å². The molecule has 1 aliphatic rings. The van der Waals surface area contributed by atoms with E-state index in [-0.39, 0.29) is 6.54 Å². The van der Waals surface area contributed by atoms with Crippen LogP contribution in [0.4, 0.5) is 24.5 Å². The number of hydrogen-bond donors (Lipinski definition) is 2. The van der Waals surface area contributed by atoms with Gasteiger partial charge in [0.2, 0.25) is 0 Å². The van der Waals surface area contributed by atoms with E-state index in [9.17, 15) is 13.2 Å². The average Bonchev–Trinajstić information content (AvgIpc) is 2.87. The molecule has 0 saturated carbocycles. The molecule has 0 amide bonds. The number of nitrogens with zero attached hydrogens (tertiary/aromatic N) is 4. The Balaban J connectivity index is 2.34. The first-order chi connectivity index (χ1) is 11.8. The van der Waals surface area contributed by atoms with Crippen LogP contribution in [0, 0.1) is 5.41 Å². The lowest BCUT2D eigenvalue weighted by molar-refractivity contribution is -0.0571. The number of rotatable bonds is 6. The molecular formula is C16H20F3N5O. The summed E-state index contributed by atoms with van der Waals surface area (Å²) in [6.45, 7) is 5.05. The molecule has 0 bridgehead atoms. The Morgan fingerprint density at radius 3 is 2.28 bits per heavy atom. The summed E-state index contributed by atoms with van der Waals surface area (Å²) in [6, 6.07) is 6.77. The number of aliphatic imine (C=N–C) groups is 1. The van der Waals surface area contributed by atoms with Crippen LogP contribution in [0.15, 0.2) is 34.4 Å². The van der Waals surface area contributed by atoms with E-state index in [0.717, 1.165) is 23.8 Å². The van der Waals surface area contributed by atoms with Gasteiger partial charge in [-0.3, -0.25) is 5.41 Å². The zero-order chi connectivity index (χ0) is 18.6. The van der Waals surface area contributed by atoms with E-state index in [0.29, 0.717) is 5.69 Å². The summed E-state index contributed by atoms with van der Waals surface area (Å²) in [5.74, 6) is -0.478. The predicted octanol–water partition coefficient (Wildman–Crippen LogP) is 2.81. The summed E-state index contributed by atoms with van der Waals surface area (Å²) >= 11 is 0. The molecule has 1 heterocycles. The first-order valence-electron chi connectivity index (χ1n) is 7.89. The lowest BCUT2D eigenvalue weighted by atomic mass is 10.2. The smallest absolute Gasteiger partial charge is 0.394 e. The van der Waals surface area contributed by atoms with Gasteiger partial charge in [0.1, 0.15) is 5.71 Å². The van der Waals surface area contributed by atoms with Crippen LogP contribution in [0.5, 0.6) is 0 Å². The molecule has 0 fully saturated rings. The van der Waals surface area contributed by atoms with Gasteiger partial charge in [-0.2, -0.15) is 18.3 Å². The molecule has 136 valence electrons. The molecule has 2 rings (SSSR count). The topological polar surface area (TPSA) is 75.3 Å². The molecule has 0 aromatic heterocycles. The fourth-order valence-corrected chi connectivity index (χ4v) is 2.46. The Morgan fingerprint density at radius 2 is 1.80 bits per heavy atom. The van der Waals surface area contributed by atoms with Crippen molar-refractivity contribution in [2.45, 2.75) is 20.0 Å². The third-order valence-electron chi connectivity index (χ3n) is 3.73. The average molecular weight is 355 g/mol. The van der Waals surface area contributed by atoms with E-state index in [1.54, 1.807) is 24.3 Å². The second-order valence-corrected chi connectivity index (χ2v) is 5.29. The number of halogens is 3. The highest BCUT2D eigenvalue weighted by Gasteiger charge is 2.46. The van der Waals surface area contributed by atoms with Gasteiger partial charge in [0.05, 0.1) is 18.8 Å². The van der Waals surface area contributed by atoms with Crippen LogP contribution >= 0.6 is 0 Å². The summed E-state index contributed by atoms with van der Waals surface area (Å²) in [7, 11) is 0. The van der Waals surface area contributed by atoms with Gasteiger partial charge in [-0.1, -0.05) is 0 Å². The molecule has 6 nitrogen and oxygen atoms in total. The van der Waals surface area contributed by atoms with Crippen LogP contribution in [-0.4, -0.2) is 59.8 Å². The van der Waals surface area contributed by atoms with E-state index in [4.69, 9.17) is 10.5 Å². The molecule has 1 aromatic rings. The summed E-state index contributed by atoms with van der Waals surface area (Å²) in [5, 5.41) is 20.9. The minimum atomic E-state index is -4.73. The van der Waals surface area contributed by atoms with E-state index in [1.807, 2.05) is 13.8 Å². The predicted molar refractivity (Wildman–Crippen MR) is 92.1 cm³/mol. The summed E-state index contributed by atoms with van der Waals surface area (Å²) < 4.78 is 39.5. The van der Waals surface area contributed by atoms with Gasteiger partial charge in [-0.05, 0) is 38.1 Å². The quantitative estimate of drug-likeness (QED) is 0.824. The van der Waals surface area contributed by atoms with Crippen molar-refractivity contribution in [2.75, 3.05) is 31.1 Å². The number of amidine groups is 1. The fraction of sp³-hybridized carbons (Fsp3) is 0.438. The van der Waals surface area contributed by atoms with E-state index < -0.39 is 30.0 Å². The van der Waals surface area contributed by atoms with Gasteiger partial charge >= 0.3 is 6.18 Å². The number of benzene rings is 1. The highest BCUT2D eigenvalue weighted by Crippen LogP contribution is 2.26. The lowest BCUT2D eigenvalue weighted by Gasteiger charge is -2.20. The van der Waals surface area contributed by atoms with Crippen LogP contribution in [0.2, 0.25) is 0 Å². The molecule has 0 atom stereocenters. The molecule has 0 unspecified atom stereocenters. The second-order valence-electron chi connectivity index (χ2n) is 5.29. The van der Waals surface area contributed by atoms with Crippen molar-refractivity contribution < 1.29 is 18.3 Å². The Bertz CT molecular complexity index is 678. The number of alkyl halides is 3. The minimum Gasteiger partial charge on any atom is -0.394 e. The maximum atomic E-state index is 13.2. The Morgan fingerprint density at radius 1 is 1.20 bits per heavy atom.